The predicted octanol–water partition coefficient (Wildman–Crippen LogP) is 3.12. The molecule has 2 aromatic rings. The zero-order chi connectivity index (χ0) is 23.3. The topological polar surface area (TPSA) is 68.3 Å². The molecule has 0 N–H and O–H groups in total. The second-order valence-electron chi connectivity index (χ2n) is 7.95. The average Bonchev–Trinajstić information content (AvgIpc) is 2.80. The first kappa shape index (κ1) is 23.5. The SMILES string of the molecule is COC(=O)c1ccc(OCC(=O)N2CC(C)N(Cc3ccc(F)cc3)CC2C)c(OC)c1. The quantitative estimate of drug-likeness (QED) is 0.612. The van der Waals surface area contributed by atoms with Crippen molar-refractivity contribution < 1.29 is 28.2 Å². The van der Waals surface area contributed by atoms with Crippen LogP contribution in [0.4, 0.5) is 4.39 Å². The van der Waals surface area contributed by atoms with Crippen molar-refractivity contribution in [2.45, 2.75) is 32.5 Å². The van der Waals surface area contributed by atoms with Crippen molar-refractivity contribution in [1.82, 2.24) is 9.80 Å². The number of hydrogen-bond acceptors (Lipinski definition) is 6. The molecule has 7 nitrogen and oxygen atoms in total. The number of piperazine rings is 1. The van der Waals surface area contributed by atoms with Gasteiger partial charge in [-0.3, -0.25) is 9.69 Å². The lowest BCUT2D eigenvalue weighted by Gasteiger charge is -2.44. The summed E-state index contributed by atoms with van der Waals surface area (Å²) in [6, 6.07) is 11.3. The molecule has 3 rings (SSSR count). The van der Waals surface area contributed by atoms with Crippen LogP contribution in [0.2, 0.25) is 0 Å². The molecule has 0 saturated carbocycles. The average molecular weight is 445 g/mol. The van der Waals surface area contributed by atoms with Crippen LogP contribution in [-0.2, 0) is 16.1 Å². The van der Waals surface area contributed by atoms with Gasteiger partial charge in [-0.2, -0.15) is 0 Å². The van der Waals surface area contributed by atoms with Crippen molar-refractivity contribution in [2.75, 3.05) is 33.9 Å². The van der Waals surface area contributed by atoms with Crippen molar-refractivity contribution in [3.05, 3.63) is 59.4 Å². The van der Waals surface area contributed by atoms with E-state index in [1.54, 1.807) is 24.3 Å². The zero-order valence-electron chi connectivity index (χ0n) is 18.8. The third kappa shape index (κ3) is 5.56. The molecule has 32 heavy (non-hydrogen) atoms. The van der Waals surface area contributed by atoms with E-state index >= 15 is 0 Å². The Kier molecular flexibility index (Phi) is 7.69. The van der Waals surface area contributed by atoms with Gasteiger partial charge in [-0.15, -0.1) is 0 Å². The lowest BCUT2D eigenvalue weighted by Crippen LogP contribution is -2.58. The molecule has 172 valence electrons. The number of amides is 1. The molecular formula is C24H29FN2O5. The first-order chi connectivity index (χ1) is 15.3. The lowest BCUT2D eigenvalue weighted by atomic mass is 10.1. The van der Waals surface area contributed by atoms with Crippen LogP contribution < -0.4 is 9.47 Å². The number of esters is 1. The minimum atomic E-state index is -0.479. The number of rotatable bonds is 7. The van der Waals surface area contributed by atoms with Gasteiger partial charge >= 0.3 is 5.97 Å². The molecule has 1 fully saturated rings. The fraction of sp³-hybridized carbons (Fsp3) is 0.417. The summed E-state index contributed by atoms with van der Waals surface area (Å²) in [5.41, 5.74) is 1.37. The maximum absolute atomic E-state index is 13.2. The maximum atomic E-state index is 13.2. The summed E-state index contributed by atoms with van der Waals surface area (Å²) in [4.78, 5) is 28.7. The molecule has 8 heteroatoms. The summed E-state index contributed by atoms with van der Waals surface area (Å²) in [7, 11) is 2.77. The van der Waals surface area contributed by atoms with Crippen LogP contribution in [0.25, 0.3) is 0 Å². The van der Waals surface area contributed by atoms with Crippen LogP contribution in [0, 0.1) is 5.82 Å². The molecule has 0 spiro atoms. The second kappa shape index (κ2) is 10.5. The summed E-state index contributed by atoms with van der Waals surface area (Å²) >= 11 is 0. The van der Waals surface area contributed by atoms with Gasteiger partial charge < -0.3 is 19.1 Å². The van der Waals surface area contributed by atoms with E-state index in [0.29, 0.717) is 36.7 Å². The van der Waals surface area contributed by atoms with E-state index < -0.39 is 5.97 Å². The fourth-order valence-corrected chi connectivity index (χ4v) is 3.84. The third-order valence-corrected chi connectivity index (χ3v) is 5.67. The molecule has 0 aliphatic carbocycles. The molecule has 2 unspecified atom stereocenters. The van der Waals surface area contributed by atoms with Gasteiger partial charge in [0.05, 0.1) is 19.8 Å². The molecule has 1 aliphatic rings. The molecule has 1 amide bonds. The summed E-state index contributed by atoms with van der Waals surface area (Å²) in [5.74, 6) is -0.116. The Morgan fingerprint density at radius 3 is 2.38 bits per heavy atom. The fourth-order valence-electron chi connectivity index (χ4n) is 3.84. The van der Waals surface area contributed by atoms with Gasteiger partial charge in [-0.05, 0) is 49.7 Å². The van der Waals surface area contributed by atoms with Crippen LogP contribution in [0.3, 0.4) is 0 Å². The van der Waals surface area contributed by atoms with Gasteiger partial charge in [0.2, 0.25) is 0 Å². The summed E-state index contributed by atoms with van der Waals surface area (Å²) in [6.45, 7) is 5.93. The van der Waals surface area contributed by atoms with Crippen LogP contribution >= 0.6 is 0 Å². The monoisotopic (exact) mass is 444 g/mol. The number of carbonyl (C=O) groups is 2. The highest BCUT2D eigenvalue weighted by molar-refractivity contribution is 5.90. The van der Waals surface area contributed by atoms with E-state index in [1.165, 1.54) is 32.4 Å². The first-order valence-corrected chi connectivity index (χ1v) is 10.5. The van der Waals surface area contributed by atoms with Gasteiger partial charge in [0, 0.05) is 31.7 Å². The Morgan fingerprint density at radius 1 is 1.00 bits per heavy atom. The van der Waals surface area contributed by atoms with Crippen molar-refractivity contribution in [2.24, 2.45) is 0 Å². The van der Waals surface area contributed by atoms with Gasteiger partial charge in [0.25, 0.3) is 5.91 Å². The van der Waals surface area contributed by atoms with Gasteiger partial charge in [0.1, 0.15) is 5.82 Å². The smallest absolute Gasteiger partial charge is 0.337 e. The Balaban J connectivity index is 1.59. The maximum Gasteiger partial charge on any atom is 0.337 e. The highest BCUT2D eigenvalue weighted by atomic mass is 19.1. The van der Waals surface area contributed by atoms with Crippen LogP contribution in [0.15, 0.2) is 42.5 Å². The molecule has 0 radical (unpaired) electrons. The third-order valence-electron chi connectivity index (χ3n) is 5.67. The second-order valence-corrected chi connectivity index (χ2v) is 7.95. The molecule has 1 saturated heterocycles. The van der Waals surface area contributed by atoms with Gasteiger partial charge in [-0.1, -0.05) is 12.1 Å². The molecular weight excluding hydrogens is 415 g/mol. The van der Waals surface area contributed by atoms with E-state index in [-0.39, 0.29) is 30.4 Å². The molecule has 1 heterocycles. The van der Waals surface area contributed by atoms with Crippen LogP contribution in [-0.4, -0.2) is 67.7 Å². The summed E-state index contributed by atoms with van der Waals surface area (Å²) < 4.78 is 28.9. The Hall–Kier alpha value is -3.13. The Labute approximate surface area is 187 Å². The van der Waals surface area contributed by atoms with E-state index in [1.807, 2.05) is 11.8 Å². The number of benzene rings is 2. The van der Waals surface area contributed by atoms with E-state index in [0.717, 1.165) is 5.56 Å². The summed E-state index contributed by atoms with van der Waals surface area (Å²) in [5, 5.41) is 0. The van der Waals surface area contributed by atoms with E-state index in [2.05, 4.69) is 11.8 Å². The van der Waals surface area contributed by atoms with Crippen molar-refractivity contribution in [1.29, 1.82) is 0 Å². The Morgan fingerprint density at radius 2 is 1.72 bits per heavy atom. The van der Waals surface area contributed by atoms with Gasteiger partial charge in [0.15, 0.2) is 18.1 Å². The minimum absolute atomic E-state index is 0.00587. The number of methoxy groups -OCH3 is 2. The number of carbonyl (C=O) groups excluding carboxylic acids is 2. The largest absolute Gasteiger partial charge is 0.493 e. The highest BCUT2D eigenvalue weighted by Crippen LogP contribution is 2.28. The molecule has 0 aromatic heterocycles. The minimum Gasteiger partial charge on any atom is -0.493 e. The van der Waals surface area contributed by atoms with Crippen molar-refractivity contribution >= 4 is 11.9 Å². The lowest BCUT2D eigenvalue weighted by molar-refractivity contribution is -0.139. The summed E-state index contributed by atoms with van der Waals surface area (Å²) in [6.07, 6.45) is 0. The molecule has 2 atom stereocenters. The predicted molar refractivity (Wildman–Crippen MR) is 117 cm³/mol. The normalized spacial score (nSPS) is 18.8. The molecule has 0 bridgehead atoms. The first-order valence-electron chi connectivity index (χ1n) is 10.5. The Bertz CT molecular complexity index is 950. The standard InChI is InChI=1S/C24H29FN2O5/c1-16-13-27(17(2)12-26(16)14-18-5-8-20(25)9-6-18)23(28)15-32-21-10-7-19(24(29)31-4)11-22(21)30-3/h5-11,16-17H,12-15H2,1-4H3. The molecule has 1 aliphatic heterocycles. The van der Waals surface area contributed by atoms with E-state index in [9.17, 15) is 14.0 Å². The number of hydrogen-bond donors (Lipinski definition) is 0. The highest BCUT2D eigenvalue weighted by Gasteiger charge is 2.32. The van der Waals surface area contributed by atoms with Crippen molar-refractivity contribution in [3.8, 4) is 11.5 Å². The molecule has 2 aromatic carbocycles. The number of nitrogens with zero attached hydrogens (tertiary/aromatic N) is 2. The van der Waals surface area contributed by atoms with Crippen molar-refractivity contribution in [3.63, 3.8) is 0 Å². The van der Waals surface area contributed by atoms with E-state index in [4.69, 9.17) is 14.2 Å². The van der Waals surface area contributed by atoms with Crippen LogP contribution in [0.1, 0.15) is 29.8 Å². The van der Waals surface area contributed by atoms with Crippen LogP contribution in [0.5, 0.6) is 11.5 Å². The number of ether oxygens (including phenoxy) is 3. The zero-order valence-corrected chi connectivity index (χ0v) is 18.8. The van der Waals surface area contributed by atoms with Gasteiger partial charge in [-0.25, -0.2) is 9.18 Å². The number of halogens is 1.